The number of aromatic nitrogens is 5. The third kappa shape index (κ3) is 4.44. The number of anilines is 1. The van der Waals surface area contributed by atoms with Crippen molar-refractivity contribution >= 4 is 40.3 Å². The zero-order valence-electron chi connectivity index (χ0n) is 16.1. The van der Waals surface area contributed by atoms with Crippen molar-refractivity contribution in [3.05, 3.63) is 45.9 Å². The van der Waals surface area contributed by atoms with Crippen molar-refractivity contribution in [1.29, 1.82) is 0 Å². The highest BCUT2D eigenvalue weighted by Crippen LogP contribution is 2.21. The number of fused-ring (bicyclic) bond motifs is 1. The second-order valence-electron chi connectivity index (χ2n) is 6.23. The standard InChI is InChI=1S/C19H23ClN6OS/c1-4-13(5-2)26-17-15(11-23-19(20)25-17)24-16(18(26)27)22-9-12-7-8-14(10-21-12)28-6-3/h7-8,10-11,13H,4-6,9H2,1-3H3,(H,22,24). The Bertz CT molecular complexity index is 1000. The van der Waals surface area contributed by atoms with Gasteiger partial charge in [-0.25, -0.2) is 9.97 Å². The fourth-order valence-corrected chi connectivity index (χ4v) is 3.78. The van der Waals surface area contributed by atoms with E-state index in [1.54, 1.807) is 22.5 Å². The number of rotatable bonds is 8. The predicted octanol–water partition coefficient (Wildman–Crippen LogP) is 4.32. The zero-order valence-corrected chi connectivity index (χ0v) is 17.7. The Labute approximate surface area is 173 Å². The molecule has 0 saturated heterocycles. The molecule has 0 spiro atoms. The Balaban J connectivity index is 1.95. The smallest absolute Gasteiger partial charge is 0.295 e. The molecule has 0 aliphatic heterocycles. The Morgan fingerprint density at radius 1 is 1.14 bits per heavy atom. The van der Waals surface area contributed by atoms with E-state index < -0.39 is 0 Å². The number of nitrogens with zero attached hydrogens (tertiary/aromatic N) is 5. The molecule has 148 valence electrons. The van der Waals surface area contributed by atoms with Gasteiger partial charge in [-0.15, -0.1) is 11.8 Å². The molecule has 0 atom stereocenters. The Hall–Kier alpha value is -2.19. The van der Waals surface area contributed by atoms with Crippen LogP contribution in [0.15, 0.2) is 34.2 Å². The lowest BCUT2D eigenvalue weighted by molar-refractivity contribution is 0.469. The van der Waals surface area contributed by atoms with Gasteiger partial charge in [0, 0.05) is 17.1 Å². The summed E-state index contributed by atoms with van der Waals surface area (Å²) in [5, 5.41) is 3.23. The third-order valence-corrected chi connectivity index (χ3v) is 5.50. The van der Waals surface area contributed by atoms with Crippen LogP contribution >= 0.6 is 23.4 Å². The van der Waals surface area contributed by atoms with Gasteiger partial charge < -0.3 is 5.32 Å². The van der Waals surface area contributed by atoms with Crippen molar-refractivity contribution in [2.75, 3.05) is 11.1 Å². The lowest BCUT2D eigenvalue weighted by atomic mass is 10.1. The minimum Gasteiger partial charge on any atom is -0.360 e. The molecule has 0 amide bonds. The number of hydrogen-bond donors (Lipinski definition) is 1. The maximum atomic E-state index is 13.1. The summed E-state index contributed by atoms with van der Waals surface area (Å²) in [4.78, 5) is 31.4. The van der Waals surface area contributed by atoms with E-state index in [1.807, 2.05) is 32.2 Å². The minimum absolute atomic E-state index is 0.00740. The maximum Gasteiger partial charge on any atom is 0.295 e. The van der Waals surface area contributed by atoms with Crippen molar-refractivity contribution in [2.45, 2.75) is 51.1 Å². The summed E-state index contributed by atoms with van der Waals surface area (Å²) in [5.41, 5.74) is 1.61. The van der Waals surface area contributed by atoms with E-state index in [1.165, 1.54) is 0 Å². The van der Waals surface area contributed by atoms with E-state index in [9.17, 15) is 4.79 Å². The van der Waals surface area contributed by atoms with E-state index in [0.29, 0.717) is 17.7 Å². The van der Waals surface area contributed by atoms with Gasteiger partial charge >= 0.3 is 0 Å². The number of pyridine rings is 1. The highest BCUT2D eigenvalue weighted by atomic mass is 35.5. The summed E-state index contributed by atoms with van der Waals surface area (Å²) in [7, 11) is 0. The van der Waals surface area contributed by atoms with Gasteiger partial charge in [0.15, 0.2) is 11.5 Å². The molecular formula is C19H23ClN6OS. The highest BCUT2D eigenvalue weighted by molar-refractivity contribution is 7.99. The first kappa shape index (κ1) is 20.5. The first-order valence-electron chi connectivity index (χ1n) is 9.33. The highest BCUT2D eigenvalue weighted by Gasteiger charge is 2.18. The molecule has 3 rings (SSSR count). The number of thioether (sulfide) groups is 1. The van der Waals surface area contributed by atoms with Gasteiger partial charge in [0.05, 0.1) is 18.4 Å². The molecule has 0 fully saturated rings. The molecule has 7 nitrogen and oxygen atoms in total. The molecule has 3 aromatic rings. The largest absolute Gasteiger partial charge is 0.360 e. The number of halogens is 1. The summed E-state index contributed by atoms with van der Waals surface area (Å²) in [6.07, 6.45) is 4.99. The molecular weight excluding hydrogens is 396 g/mol. The van der Waals surface area contributed by atoms with Crippen LogP contribution < -0.4 is 10.9 Å². The van der Waals surface area contributed by atoms with Crippen LogP contribution in [0.1, 0.15) is 45.3 Å². The van der Waals surface area contributed by atoms with Crippen LogP contribution in [0.3, 0.4) is 0 Å². The molecule has 9 heteroatoms. The Kier molecular flexibility index (Phi) is 6.85. The number of nitrogens with one attached hydrogen (secondary N) is 1. The normalized spacial score (nSPS) is 11.3. The van der Waals surface area contributed by atoms with Gasteiger partial charge in [0.2, 0.25) is 5.28 Å². The monoisotopic (exact) mass is 418 g/mol. The van der Waals surface area contributed by atoms with Crippen LogP contribution in [0, 0.1) is 0 Å². The van der Waals surface area contributed by atoms with E-state index in [2.05, 4.69) is 32.2 Å². The Morgan fingerprint density at radius 3 is 2.57 bits per heavy atom. The van der Waals surface area contributed by atoms with Gasteiger partial charge in [-0.05, 0) is 42.3 Å². The fourth-order valence-electron chi connectivity index (χ4n) is 3.03. The fraction of sp³-hybridized carbons (Fsp3) is 0.421. The molecule has 28 heavy (non-hydrogen) atoms. The number of hydrogen-bond acceptors (Lipinski definition) is 7. The maximum absolute atomic E-state index is 13.1. The molecule has 0 aliphatic carbocycles. The van der Waals surface area contributed by atoms with Crippen molar-refractivity contribution in [3.8, 4) is 0 Å². The molecule has 1 N–H and O–H groups in total. The second kappa shape index (κ2) is 9.34. The minimum atomic E-state index is -0.214. The molecule has 0 unspecified atom stereocenters. The topological polar surface area (TPSA) is 85.6 Å². The van der Waals surface area contributed by atoms with Crippen molar-refractivity contribution in [3.63, 3.8) is 0 Å². The summed E-state index contributed by atoms with van der Waals surface area (Å²) < 4.78 is 1.67. The molecule has 0 saturated carbocycles. The van der Waals surface area contributed by atoms with Gasteiger partial charge in [0.1, 0.15) is 5.52 Å². The molecule has 0 radical (unpaired) electrons. The molecule has 0 aliphatic rings. The molecule has 3 aromatic heterocycles. The SMILES string of the molecule is CCSc1ccc(CNc2nc3cnc(Cl)nc3n(C(CC)CC)c2=O)nc1. The lowest BCUT2D eigenvalue weighted by Gasteiger charge is -2.19. The first-order chi connectivity index (χ1) is 13.6. The molecule has 0 aromatic carbocycles. The van der Waals surface area contributed by atoms with Gasteiger partial charge in [0.25, 0.3) is 5.56 Å². The van der Waals surface area contributed by atoms with Crippen LogP contribution in [0.4, 0.5) is 5.82 Å². The van der Waals surface area contributed by atoms with Crippen LogP contribution in [0.5, 0.6) is 0 Å². The molecule has 3 heterocycles. The summed E-state index contributed by atoms with van der Waals surface area (Å²) in [5.74, 6) is 1.27. The Morgan fingerprint density at radius 2 is 1.93 bits per heavy atom. The van der Waals surface area contributed by atoms with Crippen LogP contribution in [-0.2, 0) is 6.54 Å². The van der Waals surface area contributed by atoms with Crippen molar-refractivity contribution in [2.24, 2.45) is 0 Å². The van der Waals surface area contributed by atoms with Crippen LogP contribution in [-0.4, -0.2) is 30.3 Å². The zero-order chi connectivity index (χ0) is 20.1. The van der Waals surface area contributed by atoms with Gasteiger partial charge in [-0.1, -0.05) is 20.8 Å². The predicted molar refractivity (Wildman–Crippen MR) is 114 cm³/mol. The molecule has 0 bridgehead atoms. The summed E-state index contributed by atoms with van der Waals surface area (Å²) in [6.45, 7) is 6.60. The van der Waals surface area contributed by atoms with Crippen molar-refractivity contribution in [1.82, 2.24) is 24.5 Å². The second-order valence-corrected chi connectivity index (χ2v) is 7.90. The third-order valence-electron chi connectivity index (χ3n) is 4.46. The average molecular weight is 419 g/mol. The van der Waals surface area contributed by atoms with E-state index >= 15 is 0 Å². The van der Waals surface area contributed by atoms with Gasteiger partial charge in [-0.2, -0.15) is 4.98 Å². The first-order valence-corrected chi connectivity index (χ1v) is 10.7. The van der Waals surface area contributed by atoms with E-state index in [-0.39, 0.29) is 22.7 Å². The van der Waals surface area contributed by atoms with E-state index in [4.69, 9.17) is 11.6 Å². The van der Waals surface area contributed by atoms with Crippen molar-refractivity contribution < 1.29 is 0 Å². The van der Waals surface area contributed by atoms with Crippen LogP contribution in [0.25, 0.3) is 11.2 Å². The summed E-state index contributed by atoms with van der Waals surface area (Å²) >= 11 is 7.70. The van der Waals surface area contributed by atoms with Crippen LogP contribution in [0.2, 0.25) is 5.28 Å². The average Bonchev–Trinajstić information content (AvgIpc) is 2.70. The van der Waals surface area contributed by atoms with E-state index in [0.717, 1.165) is 29.2 Å². The lowest BCUT2D eigenvalue weighted by Crippen LogP contribution is -2.29. The quantitative estimate of drug-likeness (QED) is 0.430. The van der Waals surface area contributed by atoms with Gasteiger partial charge in [-0.3, -0.25) is 14.3 Å². The summed E-state index contributed by atoms with van der Waals surface area (Å²) in [6, 6.07) is 3.99.